The van der Waals surface area contributed by atoms with Gasteiger partial charge in [-0.15, -0.1) is 0 Å². The topological polar surface area (TPSA) is 102 Å². The second-order valence-electron chi connectivity index (χ2n) is 6.42. The molecule has 3 aromatic heterocycles. The molecule has 1 amide bonds. The van der Waals surface area contributed by atoms with Crippen molar-refractivity contribution in [3.63, 3.8) is 0 Å². The van der Waals surface area contributed by atoms with Crippen LogP contribution in [0.5, 0.6) is 5.88 Å². The van der Waals surface area contributed by atoms with E-state index >= 15 is 0 Å². The number of hydrogen-bond acceptors (Lipinski definition) is 5. The summed E-state index contributed by atoms with van der Waals surface area (Å²) in [4.78, 5) is 33.1. The standard InChI is InChI=1S/C19H21N5O3/c1-12(2)9-22-18(25)14-4-5-16(21-10-14)24-19(26)15(11-23-24)13-6-7-20-17(8-13)27-3/h4-8,10-12,23H,9H2,1-3H3,(H,22,25). The van der Waals surface area contributed by atoms with E-state index in [1.165, 1.54) is 18.0 Å². The first-order valence-electron chi connectivity index (χ1n) is 8.55. The highest BCUT2D eigenvalue weighted by molar-refractivity contribution is 5.93. The van der Waals surface area contributed by atoms with Gasteiger partial charge in [-0.05, 0) is 29.7 Å². The first-order chi connectivity index (χ1) is 13.0. The molecule has 0 saturated heterocycles. The molecular formula is C19H21N5O3. The molecule has 0 unspecified atom stereocenters. The molecule has 3 heterocycles. The molecule has 3 aromatic rings. The van der Waals surface area contributed by atoms with Crippen LogP contribution in [0.2, 0.25) is 0 Å². The fourth-order valence-corrected chi connectivity index (χ4v) is 2.49. The van der Waals surface area contributed by atoms with Crippen molar-refractivity contribution in [1.29, 1.82) is 0 Å². The number of aromatic amines is 1. The molecule has 8 heteroatoms. The molecule has 0 radical (unpaired) electrons. The smallest absolute Gasteiger partial charge is 0.280 e. The van der Waals surface area contributed by atoms with Gasteiger partial charge >= 0.3 is 0 Å². The van der Waals surface area contributed by atoms with Crippen LogP contribution in [0.4, 0.5) is 0 Å². The molecule has 3 rings (SSSR count). The maximum atomic E-state index is 12.7. The van der Waals surface area contributed by atoms with Crippen LogP contribution in [-0.2, 0) is 0 Å². The number of carbonyl (C=O) groups is 1. The number of methoxy groups -OCH3 is 1. The van der Waals surface area contributed by atoms with E-state index in [2.05, 4.69) is 20.4 Å². The lowest BCUT2D eigenvalue weighted by Crippen LogP contribution is -2.27. The SMILES string of the molecule is COc1cc(-c2c[nH]n(-c3ccc(C(=O)NCC(C)C)cn3)c2=O)ccn1. The third-order valence-electron chi connectivity index (χ3n) is 3.94. The van der Waals surface area contributed by atoms with E-state index in [4.69, 9.17) is 4.74 Å². The molecule has 0 spiro atoms. The monoisotopic (exact) mass is 367 g/mol. The van der Waals surface area contributed by atoms with Crippen molar-refractivity contribution in [1.82, 2.24) is 25.1 Å². The fourth-order valence-electron chi connectivity index (χ4n) is 2.49. The minimum Gasteiger partial charge on any atom is -0.481 e. The summed E-state index contributed by atoms with van der Waals surface area (Å²) in [6.45, 7) is 4.64. The van der Waals surface area contributed by atoms with Gasteiger partial charge in [0.25, 0.3) is 11.5 Å². The van der Waals surface area contributed by atoms with Gasteiger partial charge in [-0.1, -0.05) is 13.8 Å². The molecule has 8 nitrogen and oxygen atoms in total. The number of rotatable bonds is 6. The van der Waals surface area contributed by atoms with Crippen LogP contribution < -0.4 is 15.6 Å². The van der Waals surface area contributed by atoms with Gasteiger partial charge in [0.05, 0.1) is 18.2 Å². The predicted octanol–water partition coefficient (Wildman–Crippen LogP) is 2.02. The summed E-state index contributed by atoms with van der Waals surface area (Å²) < 4.78 is 6.41. The summed E-state index contributed by atoms with van der Waals surface area (Å²) in [6.07, 6.45) is 4.63. The number of ether oxygens (including phenoxy) is 1. The van der Waals surface area contributed by atoms with E-state index in [1.54, 1.807) is 36.7 Å². The molecule has 0 aliphatic rings. The van der Waals surface area contributed by atoms with Crippen molar-refractivity contribution in [3.8, 4) is 22.8 Å². The Labute approximate surface area is 156 Å². The van der Waals surface area contributed by atoms with Crippen LogP contribution in [-0.4, -0.2) is 39.3 Å². The number of nitrogens with zero attached hydrogens (tertiary/aromatic N) is 3. The average Bonchev–Trinajstić information content (AvgIpc) is 3.07. The highest BCUT2D eigenvalue weighted by atomic mass is 16.5. The zero-order valence-electron chi connectivity index (χ0n) is 15.4. The molecule has 0 fully saturated rings. The number of nitrogens with one attached hydrogen (secondary N) is 2. The minimum absolute atomic E-state index is 0.189. The van der Waals surface area contributed by atoms with Crippen molar-refractivity contribution in [2.24, 2.45) is 5.92 Å². The van der Waals surface area contributed by atoms with Crippen molar-refractivity contribution in [2.45, 2.75) is 13.8 Å². The van der Waals surface area contributed by atoms with Gasteiger partial charge in [-0.2, -0.15) is 0 Å². The third-order valence-corrected chi connectivity index (χ3v) is 3.94. The Hall–Kier alpha value is -3.42. The third kappa shape index (κ3) is 4.05. The molecule has 0 aliphatic carbocycles. The maximum Gasteiger partial charge on any atom is 0.280 e. The minimum atomic E-state index is -0.257. The number of aromatic nitrogens is 4. The molecule has 0 saturated carbocycles. The highest BCUT2D eigenvalue weighted by Crippen LogP contribution is 2.19. The van der Waals surface area contributed by atoms with Crippen molar-refractivity contribution >= 4 is 5.91 Å². The second-order valence-corrected chi connectivity index (χ2v) is 6.42. The lowest BCUT2D eigenvalue weighted by Gasteiger charge is -2.07. The predicted molar refractivity (Wildman–Crippen MR) is 101 cm³/mol. The Bertz CT molecular complexity index is 989. The van der Waals surface area contributed by atoms with Gasteiger partial charge in [0.2, 0.25) is 5.88 Å². The molecule has 2 N–H and O–H groups in total. The Kier molecular flexibility index (Phi) is 5.35. The number of amides is 1. The van der Waals surface area contributed by atoms with Gasteiger partial charge in [0, 0.05) is 31.2 Å². The molecular weight excluding hydrogens is 346 g/mol. The summed E-state index contributed by atoms with van der Waals surface area (Å²) >= 11 is 0. The summed E-state index contributed by atoms with van der Waals surface area (Å²) in [7, 11) is 1.52. The van der Waals surface area contributed by atoms with Crippen LogP contribution in [0.15, 0.2) is 47.7 Å². The van der Waals surface area contributed by atoms with Crippen LogP contribution in [0.3, 0.4) is 0 Å². The van der Waals surface area contributed by atoms with Crippen molar-refractivity contribution < 1.29 is 9.53 Å². The summed E-state index contributed by atoms with van der Waals surface area (Å²) in [5.74, 6) is 0.997. The normalized spacial score (nSPS) is 10.8. The second kappa shape index (κ2) is 7.86. The quantitative estimate of drug-likeness (QED) is 0.694. The van der Waals surface area contributed by atoms with E-state index in [9.17, 15) is 9.59 Å². The van der Waals surface area contributed by atoms with Crippen LogP contribution >= 0.6 is 0 Å². The van der Waals surface area contributed by atoms with Gasteiger partial charge in [0.15, 0.2) is 5.82 Å². The fraction of sp³-hybridized carbons (Fsp3) is 0.263. The molecule has 27 heavy (non-hydrogen) atoms. The first kappa shape index (κ1) is 18.4. The summed E-state index contributed by atoms with van der Waals surface area (Å²) in [5.41, 5.74) is 1.34. The Morgan fingerprint density at radius 3 is 2.78 bits per heavy atom. The molecule has 0 aromatic carbocycles. The number of hydrogen-bond donors (Lipinski definition) is 2. The zero-order valence-corrected chi connectivity index (χ0v) is 15.4. The number of H-pyrrole nitrogens is 1. The van der Waals surface area contributed by atoms with Crippen LogP contribution in [0, 0.1) is 5.92 Å². The first-order valence-corrected chi connectivity index (χ1v) is 8.55. The van der Waals surface area contributed by atoms with Gasteiger partial charge in [-0.25, -0.2) is 14.6 Å². The van der Waals surface area contributed by atoms with E-state index in [0.717, 1.165) is 0 Å². The molecule has 0 bridgehead atoms. The Morgan fingerprint density at radius 2 is 2.11 bits per heavy atom. The summed E-state index contributed by atoms with van der Waals surface area (Å²) in [6, 6.07) is 6.68. The lowest BCUT2D eigenvalue weighted by atomic mass is 10.1. The Morgan fingerprint density at radius 1 is 1.30 bits per heavy atom. The largest absolute Gasteiger partial charge is 0.481 e. The lowest BCUT2D eigenvalue weighted by molar-refractivity contribution is 0.0948. The molecule has 0 atom stereocenters. The summed E-state index contributed by atoms with van der Waals surface area (Å²) in [5, 5.41) is 5.73. The van der Waals surface area contributed by atoms with Gasteiger partial charge < -0.3 is 10.1 Å². The van der Waals surface area contributed by atoms with Gasteiger partial charge in [-0.3, -0.25) is 14.7 Å². The van der Waals surface area contributed by atoms with E-state index in [0.29, 0.717) is 40.9 Å². The van der Waals surface area contributed by atoms with E-state index in [-0.39, 0.29) is 11.5 Å². The van der Waals surface area contributed by atoms with Crippen LogP contribution in [0.1, 0.15) is 24.2 Å². The highest BCUT2D eigenvalue weighted by Gasteiger charge is 2.13. The number of pyridine rings is 2. The molecule has 0 aliphatic heterocycles. The van der Waals surface area contributed by atoms with Crippen LogP contribution in [0.25, 0.3) is 16.9 Å². The van der Waals surface area contributed by atoms with Gasteiger partial charge in [0.1, 0.15) is 0 Å². The average molecular weight is 367 g/mol. The van der Waals surface area contributed by atoms with E-state index in [1.807, 2.05) is 13.8 Å². The van der Waals surface area contributed by atoms with Crippen molar-refractivity contribution in [2.75, 3.05) is 13.7 Å². The van der Waals surface area contributed by atoms with Crippen molar-refractivity contribution in [3.05, 3.63) is 58.8 Å². The van der Waals surface area contributed by atoms with E-state index < -0.39 is 0 Å². The Balaban J connectivity index is 1.84. The molecule has 140 valence electrons. The number of carbonyl (C=O) groups excluding carboxylic acids is 1. The maximum absolute atomic E-state index is 12.7. The zero-order chi connectivity index (χ0) is 19.4.